The van der Waals surface area contributed by atoms with Gasteiger partial charge in [-0.15, -0.1) is 0 Å². The number of hydrogen-bond donors (Lipinski definition) is 1. The quantitative estimate of drug-likeness (QED) is 0.733. The molecule has 2 atom stereocenters. The normalized spacial score (nSPS) is 23.7. The summed E-state index contributed by atoms with van der Waals surface area (Å²) in [5, 5.41) is 1.34. The minimum Gasteiger partial charge on any atom is -0.363 e. The Hall–Kier alpha value is -0.722. The monoisotopic (exact) mass is 425 g/mol. The van der Waals surface area contributed by atoms with Gasteiger partial charge in [-0.05, 0) is 31.4 Å². The molecular weight excluding hydrogens is 404 g/mol. The summed E-state index contributed by atoms with van der Waals surface area (Å²) in [6, 6.07) is 7.07. The molecule has 0 saturated carbocycles. The van der Waals surface area contributed by atoms with Gasteiger partial charge in [0.1, 0.15) is 0 Å². The van der Waals surface area contributed by atoms with Crippen LogP contribution in [0.2, 0.25) is 0 Å². The molecule has 3 rings (SSSR count). The van der Waals surface area contributed by atoms with Crippen LogP contribution in [-0.2, 0) is 27.5 Å². The van der Waals surface area contributed by atoms with Crippen molar-refractivity contribution < 1.29 is 21.1 Å². The summed E-state index contributed by atoms with van der Waals surface area (Å²) in [6.07, 6.45) is 4.62. The van der Waals surface area contributed by atoms with E-state index in [2.05, 4.69) is 55.2 Å². The summed E-state index contributed by atoms with van der Waals surface area (Å²) >= 11 is 0. The fraction of sp³-hybridized carbons (Fsp3) is 0.438. The van der Waals surface area contributed by atoms with Gasteiger partial charge in [-0.2, -0.15) is 24.6 Å². The van der Waals surface area contributed by atoms with Gasteiger partial charge in [0.2, 0.25) is 0 Å². The van der Waals surface area contributed by atoms with E-state index < -0.39 is 0 Å². The average Bonchev–Trinajstić information content (AvgIpc) is 2.84. The Labute approximate surface area is 129 Å². The minimum atomic E-state index is 0. The van der Waals surface area contributed by atoms with E-state index >= 15 is 0 Å². The van der Waals surface area contributed by atoms with Gasteiger partial charge in [0.25, 0.3) is 0 Å². The summed E-state index contributed by atoms with van der Waals surface area (Å²) < 4.78 is 0. The summed E-state index contributed by atoms with van der Waals surface area (Å²) in [4.78, 5) is 5.87. The third-order valence-corrected chi connectivity index (χ3v) is 4.18. The Bertz CT molecular complexity index is 561. The second-order valence-electron chi connectivity index (χ2n) is 5.83. The van der Waals surface area contributed by atoms with E-state index in [1.807, 2.05) is 0 Å². The molecule has 1 fully saturated rings. The number of hydrogen-bond acceptors (Lipinski definition) is 1. The van der Waals surface area contributed by atoms with Crippen molar-refractivity contribution in [2.24, 2.45) is 5.92 Å². The summed E-state index contributed by atoms with van der Waals surface area (Å²) in [5.41, 5.74) is 3.75. The fourth-order valence-electron chi connectivity index (χ4n) is 3.25. The summed E-state index contributed by atoms with van der Waals surface area (Å²) in [6.45, 7) is 7.60. The molecule has 2 unspecified atom stereocenters. The number of nitrogens with one attached hydrogen (secondary N) is 1. The first-order valence-electron chi connectivity index (χ1n) is 6.75. The number of benzene rings is 1. The summed E-state index contributed by atoms with van der Waals surface area (Å²) in [7, 11) is 2.25. The second kappa shape index (κ2) is 5.73. The van der Waals surface area contributed by atoms with Crippen LogP contribution in [0.25, 0.3) is 10.9 Å². The third kappa shape index (κ3) is 2.90. The van der Waals surface area contributed by atoms with Crippen molar-refractivity contribution in [3.63, 3.8) is 0 Å². The maximum absolute atomic E-state index is 4.03. The summed E-state index contributed by atoms with van der Waals surface area (Å²) in [5.74, 6) is 0.827. The predicted molar refractivity (Wildman–Crippen MR) is 76.7 cm³/mol. The van der Waals surface area contributed by atoms with Crippen LogP contribution < -0.4 is 0 Å². The molecule has 1 aromatic heterocycles. The van der Waals surface area contributed by atoms with Crippen LogP contribution in [0.5, 0.6) is 0 Å². The van der Waals surface area contributed by atoms with Crippen LogP contribution in [0.4, 0.5) is 0 Å². The Morgan fingerprint density at radius 3 is 2.89 bits per heavy atom. The van der Waals surface area contributed by atoms with Gasteiger partial charge in [-0.25, -0.2) is 0 Å². The van der Waals surface area contributed by atoms with Crippen molar-refractivity contribution >= 4 is 10.9 Å². The van der Waals surface area contributed by atoms with E-state index in [-0.39, 0.29) is 21.1 Å². The smallest absolute Gasteiger partial charge is 0.0210 e. The zero-order valence-electron chi connectivity index (χ0n) is 11.6. The molecule has 102 valence electrons. The van der Waals surface area contributed by atoms with E-state index in [0.29, 0.717) is 6.04 Å². The van der Waals surface area contributed by atoms with Crippen LogP contribution in [0, 0.1) is 12.8 Å². The molecule has 2 aromatic rings. The molecular formula is C16H21N2W-. The molecule has 1 N–H and O–H groups in total. The van der Waals surface area contributed by atoms with Gasteiger partial charge in [-0.1, -0.05) is 18.4 Å². The molecule has 0 bridgehead atoms. The molecule has 0 aliphatic carbocycles. The van der Waals surface area contributed by atoms with E-state index in [4.69, 9.17) is 0 Å². The molecule has 2 nitrogen and oxygen atoms in total. The maximum atomic E-state index is 4.03. The minimum absolute atomic E-state index is 0. The van der Waals surface area contributed by atoms with Crippen molar-refractivity contribution in [1.82, 2.24) is 9.88 Å². The van der Waals surface area contributed by atoms with Crippen molar-refractivity contribution in [1.29, 1.82) is 0 Å². The Morgan fingerprint density at radius 2 is 2.21 bits per heavy atom. The zero-order valence-corrected chi connectivity index (χ0v) is 14.6. The molecule has 19 heavy (non-hydrogen) atoms. The third-order valence-electron chi connectivity index (χ3n) is 4.18. The number of nitrogens with zero attached hydrogens (tertiary/aromatic N) is 1. The molecule has 2 heterocycles. The van der Waals surface area contributed by atoms with Gasteiger partial charge >= 0.3 is 0 Å². The molecule has 1 saturated heterocycles. The molecule has 0 radical (unpaired) electrons. The number of aromatic nitrogens is 1. The molecule has 0 amide bonds. The zero-order chi connectivity index (χ0) is 12.7. The van der Waals surface area contributed by atoms with E-state index in [9.17, 15) is 0 Å². The van der Waals surface area contributed by atoms with Crippen LogP contribution in [0.1, 0.15) is 24.5 Å². The Kier molecular flexibility index (Phi) is 4.42. The van der Waals surface area contributed by atoms with Crippen molar-refractivity contribution in [2.75, 3.05) is 13.6 Å². The van der Waals surface area contributed by atoms with Crippen LogP contribution >= 0.6 is 0 Å². The first kappa shape index (κ1) is 14.7. The van der Waals surface area contributed by atoms with Crippen molar-refractivity contribution in [3.05, 3.63) is 42.4 Å². The Balaban J connectivity index is 0.00000133. The van der Waals surface area contributed by atoms with Crippen LogP contribution in [-0.4, -0.2) is 29.5 Å². The standard InChI is InChI=1S/C16H21N2.W/c1-11-4-5-16-15(7-11)13(9-17-16)8-14-6-12(2)10-18(14)3;/h4-5,7,9,12,14,17H,1,6,8,10H2,2-3H3;/q-1;. The predicted octanol–water partition coefficient (Wildman–Crippen LogP) is 3.23. The topological polar surface area (TPSA) is 19.0 Å². The van der Waals surface area contributed by atoms with Crippen LogP contribution in [0.3, 0.4) is 0 Å². The van der Waals surface area contributed by atoms with Gasteiger partial charge in [0.05, 0.1) is 0 Å². The van der Waals surface area contributed by atoms with Gasteiger partial charge < -0.3 is 9.88 Å². The van der Waals surface area contributed by atoms with Crippen molar-refractivity contribution in [2.45, 2.75) is 25.8 Å². The molecule has 1 aliphatic heterocycles. The second-order valence-corrected chi connectivity index (χ2v) is 5.83. The molecule has 3 heteroatoms. The number of fused-ring (bicyclic) bond motifs is 1. The van der Waals surface area contributed by atoms with Gasteiger partial charge in [0.15, 0.2) is 0 Å². The van der Waals surface area contributed by atoms with Crippen molar-refractivity contribution in [3.8, 4) is 0 Å². The number of aromatic amines is 1. The van der Waals surface area contributed by atoms with Gasteiger partial charge in [-0.3, -0.25) is 0 Å². The largest absolute Gasteiger partial charge is 0.363 e. The first-order chi connectivity index (χ1) is 8.63. The van der Waals surface area contributed by atoms with E-state index in [1.165, 1.54) is 29.4 Å². The average molecular weight is 425 g/mol. The maximum Gasteiger partial charge on any atom is 0.0210 e. The number of likely N-dealkylation sites (N-methyl/N-ethyl adjacent to an activating group) is 1. The Morgan fingerprint density at radius 1 is 1.42 bits per heavy atom. The van der Waals surface area contributed by atoms with E-state index in [1.54, 1.807) is 0 Å². The van der Waals surface area contributed by atoms with Gasteiger partial charge in [0, 0.05) is 45.4 Å². The number of H-pyrrole nitrogens is 1. The van der Waals surface area contributed by atoms with Crippen LogP contribution in [0.15, 0.2) is 24.4 Å². The molecule has 1 aromatic carbocycles. The number of rotatable bonds is 2. The fourth-order valence-corrected chi connectivity index (χ4v) is 3.25. The molecule has 0 spiro atoms. The van der Waals surface area contributed by atoms with E-state index in [0.717, 1.165) is 17.9 Å². The first-order valence-corrected chi connectivity index (χ1v) is 6.75. The molecule has 1 aliphatic rings. The SMILES string of the molecule is [CH2-]c1ccc2[nH]cc(CC3CC(C)CN3C)c2c1.[W]. The number of likely N-dealkylation sites (tertiary alicyclic amines) is 1.